The smallest absolute Gasteiger partial charge is 0.267 e. The summed E-state index contributed by atoms with van der Waals surface area (Å²) in [7, 11) is 3.25. The van der Waals surface area contributed by atoms with Gasteiger partial charge in [-0.05, 0) is 43.2 Å². The van der Waals surface area contributed by atoms with Crippen molar-refractivity contribution in [1.29, 1.82) is 0 Å². The average Bonchev–Trinajstić information content (AvgIpc) is 2.67. The van der Waals surface area contributed by atoms with Gasteiger partial charge in [0.25, 0.3) is 5.91 Å². The fourth-order valence-corrected chi connectivity index (χ4v) is 1.70. The number of amides is 1. The molecule has 1 aromatic heterocycles. The van der Waals surface area contributed by atoms with Crippen LogP contribution >= 0.6 is 0 Å². The predicted octanol–water partition coefficient (Wildman–Crippen LogP) is 2.81. The van der Waals surface area contributed by atoms with E-state index in [2.05, 4.69) is 30.8 Å². The van der Waals surface area contributed by atoms with Gasteiger partial charge in [0, 0.05) is 26.5 Å². The van der Waals surface area contributed by atoms with Crippen molar-refractivity contribution in [3.63, 3.8) is 0 Å². The summed E-state index contributed by atoms with van der Waals surface area (Å²) < 4.78 is 6.26. The molecular formula is C20H38N4O3. The van der Waals surface area contributed by atoms with E-state index < -0.39 is 5.91 Å². The summed E-state index contributed by atoms with van der Waals surface area (Å²) in [6, 6.07) is 4.07. The van der Waals surface area contributed by atoms with Gasteiger partial charge < -0.3 is 9.30 Å². The highest BCUT2D eigenvalue weighted by Crippen LogP contribution is 2.04. The van der Waals surface area contributed by atoms with E-state index in [4.69, 9.17) is 10.2 Å². The number of nitrogens with zero attached hydrogens (tertiary/aromatic N) is 2. The highest BCUT2D eigenvalue weighted by Gasteiger charge is 2.05. The first-order valence-corrected chi connectivity index (χ1v) is 9.36. The van der Waals surface area contributed by atoms with Crippen LogP contribution in [-0.4, -0.2) is 42.5 Å². The maximum absolute atomic E-state index is 11.0. The van der Waals surface area contributed by atoms with Gasteiger partial charge in [-0.3, -0.25) is 20.3 Å². The number of nitrogens with one attached hydrogen (secondary N) is 2. The van der Waals surface area contributed by atoms with E-state index in [9.17, 15) is 4.79 Å². The third-order valence-electron chi connectivity index (χ3n) is 3.39. The standard InChI is InChI=1S/C16H26N4O2.C2H6O.C2H6/c1-5-17-11-20-10-14(7-9-16(21)19-22)6-8-15(20)18-13(4)12(2)3;1-3-2;1-2/h6-10,12-13,17,22H,5,11H2,1-4H3,(H,19,21);1-2H3;1-2H3/b9-7+,18-15?;;. The van der Waals surface area contributed by atoms with Crippen LogP contribution in [-0.2, 0) is 16.2 Å². The second-order valence-corrected chi connectivity index (χ2v) is 5.88. The number of hydrogen-bond donors (Lipinski definition) is 3. The van der Waals surface area contributed by atoms with Crippen LogP contribution < -0.4 is 16.3 Å². The van der Waals surface area contributed by atoms with Gasteiger partial charge in [-0.1, -0.05) is 34.6 Å². The Morgan fingerprint density at radius 3 is 2.37 bits per heavy atom. The molecule has 0 aliphatic heterocycles. The highest BCUT2D eigenvalue weighted by molar-refractivity contribution is 5.90. The molecule has 156 valence electrons. The maximum Gasteiger partial charge on any atom is 0.267 e. The maximum atomic E-state index is 11.0. The molecule has 0 radical (unpaired) electrons. The van der Waals surface area contributed by atoms with Gasteiger partial charge in [-0.15, -0.1) is 0 Å². The van der Waals surface area contributed by atoms with Crippen molar-refractivity contribution in [2.45, 2.75) is 54.3 Å². The van der Waals surface area contributed by atoms with Crippen LogP contribution in [0, 0.1) is 5.92 Å². The van der Waals surface area contributed by atoms with Gasteiger partial charge in [-0.25, -0.2) is 5.48 Å². The molecule has 3 N–H and O–H groups in total. The first-order valence-electron chi connectivity index (χ1n) is 9.36. The summed E-state index contributed by atoms with van der Waals surface area (Å²) in [4.78, 5) is 15.8. The van der Waals surface area contributed by atoms with E-state index in [0.717, 1.165) is 17.6 Å². The number of hydroxylamine groups is 1. The molecule has 0 aromatic carbocycles. The molecule has 1 amide bonds. The fourth-order valence-electron chi connectivity index (χ4n) is 1.70. The summed E-state index contributed by atoms with van der Waals surface area (Å²) >= 11 is 0. The van der Waals surface area contributed by atoms with Crippen LogP contribution in [0.1, 0.15) is 47.1 Å². The second kappa shape index (κ2) is 17.5. The lowest BCUT2D eigenvalue weighted by molar-refractivity contribution is -0.124. The summed E-state index contributed by atoms with van der Waals surface area (Å²) in [5, 5.41) is 11.8. The number of methoxy groups -OCH3 is 1. The Bertz CT molecular complexity index is 595. The molecule has 0 fully saturated rings. The first-order chi connectivity index (χ1) is 12.9. The third kappa shape index (κ3) is 12.9. The van der Waals surface area contributed by atoms with Crippen LogP contribution in [0.25, 0.3) is 6.08 Å². The molecule has 1 rings (SSSR count). The molecule has 27 heavy (non-hydrogen) atoms. The fraction of sp³-hybridized carbons (Fsp3) is 0.600. The van der Waals surface area contributed by atoms with Crippen molar-refractivity contribution in [2.75, 3.05) is 20.8 Å². The van der Waals surface area contributed by atoms with E-state index in [1.165, 1.54) is 6.08 Å². The molecule has 1 aromatic rings. The Morgan fingerprint density at radius 1 is 1.30 bits per heavy atom. The Balaban J connectivity index is 0. The molecule has 0 aliphatic rings. The minimum absolute atomic E-state index is 0.231. The molecule has 0 saturated carbocycles. The Hall–Kier alpha value is -1.96. The molecule has 1 unspecified atom stereocenters. The Kier molecular flexibility index (Phi) is 17.6. The third-order valence-corrected chi connectivity index (χ3v) is 3.39. The quantitative estimate of drug-likeness (QED) is 0.384. The molecule has 7 nitrogen and oxygen atoms in total. The Labute approximate surface area is 164 Å². The van der Waals surface area contributed by atoms with Crippen molar-refractivity contribution in [3.05, 3.63) is 35.5 Å². The van der Waals surface area contributed by atoms with E-state index in [1.807, 2.05) is 43.7 Å². The second-order valence-electron chi connectivity index (χ2n) is 5.88. The zero-order valence-corrected chi connectivity index (χ0v) is 18.1. The van der Waals surface area contributed by atoms with Crippen LogP contribution in [0.3, 0.4) is 0 Å². The summed E-state index contributed by atoms with van der Waals surface area (Å²) in [5.41, 5.74) is 3.32. The average molecular weight is 383 g/mol. The SMILES string of the molecule is CC.CCNCn1cc(/C=C/C(=O)NO)ccc1=NC(C)C(C)C.COC. The molecular weight excluding hydrogens is 344 g/mol. The molecule has 0 aliphatic carbocycles. The zero-order valence-electron chi connectivity index (χ0n) is 18.1. The summed E-state index contributed by atoms with van der Waals surface area (Å²) in [5.74, 6) is -0.0826. The van der Waals surface area contributed by atoms with Crippen LogP contribution in [0.2, 0.25) is 0 Å². The van der Waals surface area contributed by atoms with Crippen molar-refractivity contribution in [2.24, 2.45) is 10.9 Å². The van der Waals surface area contributed by atoms with Gasteiger partial charge in [0.15, 0.2) is 0 Å². The number of carbonyl (C=O) groups excluding carboxylic acids is 1. The van der Waals surface area contributed by atoms with Crippen LogP contribution in [0.15, 0.2) is 29.4 Å². The number of ether oxygens (including phenoxy) is 1. The number of rotatable bonds is 7. The van der Waals surface area contributed by atoms with Crippen molar-refractivity contribution >= 4 is 12.0 Å². The number of aromatic nitrogens is 1. The normalized spacial score (nSPS) is 12.1. The van der Waals surface area contributed by atoms with Gasteiger partial charge in [-0.2, -0.15) is 0 Å². The van der Waals surface area contributed by atoms with E-state index in [1.54, 1.807) is 25.8 Å². The molecule has 0 saturated heterocycles. The summed E-state index contributed by atoms with van der Waals surface area (Å²) in [6.45, 7) is 13.9. The van der Waals surface area contributed by atoms with E-state index >= 15 is 0 Å². The molecule has 0 bridgehead atoms. The van der Waals surface area contributed by atoms with Crippen molar-refractivity contribution in [1.82, 2.24) is 15.4 Å². The van der Waals surface area contributed by atoms with Gasteiger partial charge in [0.1, 0.15) is 5.49 Å². The topological polar surface area (TPSA) is 87.9 Å². The predicted molar refractivity (Wildman–Crippen MR) is 111 cm³/mol. The van der Waals surface area contributed by atoms with Crippen molar-refractivity contribution in [3.8, 4) is 0 Å². The molecule has 1 atom stereocenters. The Morgan fingerprint density at radius 2 is 1.89 bits per heavy atom. The van der Waals surface area contributed by atoms with Crippen LogP contribution in [0.5, 0.6) is 0 Å². The lowest BCUT2D eigenvalue weighted by Crippen LogP contribution is -2.30. The number of carbonyl (C=O) groups is 1. The first kappa shape index (κ1) is 27.3. The van der Waals surface area contributed by atoms with E-state index in [0.29, 0.717) is 12.6 Å². The number of hydrogen-bond acceptors (Lipinski definition) is 5. The molecule has 7 heteroatoms. The molecule has 0 spiro atoms. The van der Waals surface area contributed by atoms with Gasteiger partial charge in [0.05, 0.1) is 12.7 Å². The van der Waals surface area contributed by atoms with Crippen LogP contribution in [0.4, 0.5) is 0 Å². The minimum Gasteiger partial charge on any atom is -0.388 e. The van der Waals surface area contributed by atoms with Gasteiger partial charge in [0.2, 0.25) is 0 Å². The highest BCUT2D eigenvalue weighted by atomic mass is 16.5. The molecule has 1 heterocycles. The van der Waals surface area contributed by atoms with E-state index in [-0.39, 0.29) is 6.04 Å². The lowest BCUT2D eigenvalue weighted by Gasteiger charge is -2.13. The lowest BCUT2D eigenvalue weighted by atomic mass is 10.1. The summed E-state index contributed by atoms with van der Waals surface area (Å²) in [6.07, 6.45) is 4.85. The largest absolute Gasteiger partial charge is 0.388 e. The monoisotopic (exact) mass is 382 g/mol. The number of pyridine rings is 1. The van der Waals surface area contributed by atoms with Crippen molar-refractivity contribution < 1.29 is 14.7 Å². The zero-order chi connectivity index (χ0) is 21.2. The minimum atomic E-state index is -0.555. The van der Waals surface area contributed by atoms with Gasteiger partial charge >= 0.3 is 0 Å².